The number of carbonyl (C=O) groups excluding carboxylic acids is 3. The fraction of sp³-hybridized carbons (Fsp3) is 0.727. The second-order valence-corrected chi connectivity index (χ2v) is 3.98. The lowest BCUT2D eigenvalue weighted by atomic mass is 10.1. The first-order chi connectivity index (χ1) is 8.81. The van der Waals surface area contributed by atoms with E-state index in [0.29, 0.717) is 0 Å². The normalized spacial score (nSPS) is 30.3. The monoisotopic (exact) mass is 278 g/mol. The Hall–Kier alpha value is -1.70. The maximum atomic E-state index is 13.6. The van der Waals surface area contributed by atoms with Crippen LogP contribution in [0.4, 0.5) is 4.39 Å². The summed E-state index contributed by atoms with van der Waals surface area (Å²) in [5.74, 6) is -2.13. The Kier molecular flexibility index (Phi) is 5.22. The molecule has 1 heterocycles. The lowest BCUT2D eigenvalue weighted by molar-refractivity contribution is -0.248. The SMILES string of the molecule is CC(=O)O[C@@H]1[C@@H](OC(C)=O)[C@H](OC(C)=O)CO[C@@H]1F. The van der Waals surface area contributed by atoms with E-state index < -0.39 is 42.6 Å². The average molecular weight is 278 g/mol. The molecule has 19 heavy (non-hydrogen) atoms. The molecule has 0 aliphatic carbocycles. The molecule has 1 rings (SSSR count). The van der Waals surface area contributed by atoms with Crippen molar-refractivity contribution in [1.82, 2.24) is 0 Å². The Morgan fingerprint density at radius 3 is 1.89 bits per heavy atom. The zero-order valence-electron chi connectivity index (χ0n) is 10.8. The Morgan fingerprint density at radius 1 is 0.947 bits per heavy atom. The van der Waals surface area contributed by atoms with Gasteiger partial charge in [0.15, 0.2) is 18.3 Å². The second-order valence-electron chi connectivity index (χ2n) is 3.98. The fourth-order valence-corrected chi connectivity index (χ4v) is 1.70. The van der Waals surface area contributed by atoms with E-state index in [1.807, 2.05) is 0 Å². The molecule has 0 aromatic rings. The third-order valence-electron chi connectivity index (χ3n) is 2.29. The van der Waals surface area contributed by atoms with E-state index in [1.165, 1.54) is 0 Å². The summed E-state index contributed by atoms with van der Waals surface area (Å²) in [6.07, 6.45) is -5.70. The standard InChI is InChI=1S/C11H15FO7/c1-5(13)17-8-4-16-11(12)10(19-7(3)15)9(8)18-6(2)14/h8-11H,4H2,1-3H3/t8-,9+,10-,11+/m1/s1. The van der Waals surface area contributed by atoms with Gasteiger partial charge in [-0.15, -0.1) is 0 Å². The number of ether oxygens (including phenoxy) is 4. The van der Waals surface area contributed by atoms with Crippen molar-refractivity contribution >= 4 is 17.9 Å². The topological polar surface area (TPSA) is 88.1 Å². The van der Waals surface area contributed by atoms with Crippen LogP contribution in [0.15, 0.2) is 0 Å². The van der Waals surface area contributed by atoms with Gasteiger partial charge in [0.2, 0.25) is 6.36 Å². The molecule has 8 heteroatoms. The van der Waals surface area contributed by atoms with Crippen molar-refractivity contribution in [2.75, 3.05) is 6.61 Å². The summed E-state index contributed by atoms with van der Waals surface area (Å²) in [5, 5.41) is 0. The summed E-state index contributed by atoms with van der Waals surface area (Å²) in [7, 11) is 0. The predicted octanol–water partition coefficient (Wildman–Crippen LogP) is 0.107. The molecule has 0 amide bonds. The lowest BCUT2D eigenvalue weighted by Crippen LogP contribution is -2.56. The maximum Gasteiger partial charge on any atom is 0.303 e. The third kappa shape index (κ3) is 4.47. The van der Waals surface area contributed by atoms with E-state index in [0.717, 1.165) is 20.8 Å². The molecule has 1 saturated heterocycles. The van der Waals surface area contributed by atoms with Gasteiger partial charge in [-0.1, -0.05) is 0 Å². The van der Waals surface area contributed by atoms with Crippen LogP contribution in [0.25, 0.3) is 0 Å². The molecule has 4 atom stereocenters. The van der Waals surface area contributed by atoms with Crippen molar-refractivity contribution in [3.8, 4) is 0 Å². The molecule has 0 aromatic heterocycles. The van der Waals surface area contributed by atoms with Gasteiger partial charge in [0, 0.05) is 20.8 Å². The molecular weight excluding hydrogens is 263 g/mol. The highest BCUT2D eigenvalue weighted by Gasteiger charge is 2.47. The Bertz CT molecular complexity index is 370. The molecule has 0 spiro atoms. The first kappa shape index (κ1) is 15.4. The summed E-state index contributed by atoms with van der Waals surface area (Å²) in [6.45, 7) is 3.04. The highest BCUT2D eigenvalue weighted by atomic mass is 19.1. The van der Waals surface area contributed by atoms with Crippen LogP contribution in [-0.2, 0) is 33.3 Å². The smallest absolute Gasteiger partial charge is 0.303 e. The van der Waals surface area contributed by atoms with Crippen LogP contribution < -0.4 is 0 Å². The average Bonchev–Trinajstić information content (AvgIpc) is 2.25. The molecule has 1 fully saturated rings. The summed E-state index contributed by atoms with van der Waals surface area (Å²) >= 11 is 0. The van der Waals surface area contributed by atoms with Gasteiger partial charge in [-0.25, -0.2) is 4.39 Å². The van der Waals surface area contributed by atoms with Crippen LogP contribution in [0.1, 0.15) is 20.8 Å². The number of esters is 3. The number of halogens is 1. The van der Waals surface area contributed by atoms with E-state index >= 15 is 0 Å². The molecule has 7 nitrogen and oxygen atoms in total. The zero-order valence-corrected chi connectivity index (χ0v) is 10.8. The van der Waals surface area contributed by atoms with E-state index in [1.54, 1.807) is 0 Å². The van der Waals surface area contributed by atoms with Gasteiger partial charge in [0.25, 0.3) is 0 Å². The van der Waals surface area contributed by atoms with Crippen LogP contribution in [0.3, 0.4) is 0 Å². The molecule has 0 unspecified atom stereocenters. The number of hydrogen-bond donors (Lipinski definition) is 0. The summed E-state index contributed by atoms with van der Waals surface area (Å²) in [4.78, 5) is 32.9. The largest absolute Gasteiger partial charge is 0.456 e. The van der Waals surface area contributed by atoms with Crippen molar-refractivity contribution in [3.63, 3.8) is 0 Å². The molecule has 0 radical (unpaired) electrons. The van der Waals surface area contributed by atoms with Crippen LogP contribution >= 0.6 is 0 Å². The van der Waals surface area contributed by atoms with Crippen molar-refractivity contribution in [1.29, 1.82) is 0 Å². The molecular formula is C11H15FO7. The van der Waals surface area contributed by atoms with Crippen LogP contribution in [0, 0.1) is 0 Å². The first-order valence-electron chi connectivity index (χ1n) is 5.58. The van der Waals surface area contributed by atoms with Gasteiger partial charge in [-0.3, -0.25) is 14.4 Å². The molecule has 0 N–H and O–H groups in total. The first-order valence-corrected chi connectivity index (χ1v) is 5.58. The molecule has 0 bridgehead atoms. The molecule has 1 aliphatic heterocycles. The van der Waals surface area contributed by atoms with Gasteiger partial charge in [0.1, 0.15) is 0 Å². The van der Waals surface area contributed by atoms with Gasteiger partial charge < -0.3 is 18.9 Å². The van der Waals surface area contributed by atoms with E-state index in [2.05, 4.69) is 0 Å². The molecule has 0 saturated carbocycles. The van der Waals surface area contributed by atoms with E-state index in [9.17, 15) is 18.8 Å². The van der Waals surface area contributed by atoms with Crippen molar-refractivity contribution in [2.45, 2.75) is 45.4 Å². The summed E-state index contributed by atoms with van der Waals surface area (Å²) in [5.41, 5.74) is 0. The Labute approximate surface area is 108 Å². The fourth-order valence-electron chi connectivity index (χ4n) is 1.70. The zero-order chi connectivity index (χ0) is 14.6. The Balaban J connectivity index is 2.89. The number of alkyl halides is 1. The minimum Gasteiger partial charge on any atom is -0.456 e. The third-order valence-corrected chi connectivity index (χ3v) is 2.29. The van der Waals surface area contributed by atoms with Gasteiger partial charge in [0.05, 0.1) is 6.61 Å². The van der Waals surface area contributed by atoms with E-state index in [-0.39, 0.29) is 6.61 Å². The highest BCUT2D eigenvalue weighted by Crippen LogP contribution is 2.24. The minimum atomic E-state index is -1.96. The number of hydrogen-bond acceptors (Lipinski definition) is 7. The van der Waals surface area contributed by atoms with Crippen molar-refractivity contribution in [3.05, 3.63) is 0 Å². The predicted molar refractivity (Wildman–Crippen MR) is 57.5 cm³/mol. The van der Waals surface area contributed by atoms with Gasteiger partial charge in [-0.05, 0) is 0 Å². The maximum absolute atomic E-state index is 13.6. The number of rotatable bonds is 3. The van der Waals surface area contributed by atoms with Crippen LogP contribution in [0.5, 0.6) is 0 Å². The molecule has 0 aromatic carbocycles. The minimum absolute atomic E-state index is 0.295. The molecule has 108 valence electrons. The quantitative estimate of drug-likeness (QED) is 0.534. The Morgan fingerprint density at radius 2 is 1.42 bits per heavy atom. The molecule has 1 aliphatic rings. The summed E-state index contributed by atoms with van der Waals surface area (Å²) in [6, 6.07) is 0. The van der Waals surface area contributed by atoms with Crippen molar-refractivity contribution in [2.24, 2.45) is 0 Å². The lowest BCUT2D eigenvalue weighted by Gasteiger charge is -2.37. The van der Waals surface area contributed by atoms with Crippen LogP contribution in [-0.4, -0.2) is 49.2 Å². The van der Waals surface area contributed by atoms with E-state index in [4.69, 9.17) is 18.9 Å². The van der Waals surface area contributed by atoms with Crippen molar-refractivity contribution < 1.29 is 37.7 Å². The van der Waals surface area contributed by atoms with Gasteiger partial charge >= 0.3 is 17.9 Å². The number of carbonyl (C=O) groups is 3. The van der Waals surface area contributed by atoms with Gasteiger partial charge in [-0.2, -0.15) is 0 Å². The second kappa shape index (κ2) is 6.46. The summed E-state index contributed by atoms with van der Waals surface area (Å²) < 4.78 is 32.8. The highest BCUT2D eigenvalue weighted by molar-refractivity contribution is 5.68. The van der Waals surface area contributed by atoms with Crippen LogP contribution in [0.2, 0.25) is 0 Å².